The van der Waals surface area contributed by atoms with Gasteiger partial charge in [0.1, 0.15) is 5.82 Å². The lowest BCUT2D eigenvalue weighted by molar-refractivity contribution is -0.139. The largest absolute Gasteiger partial charge is 0.347 e. The molecule has 0 spiro atoms. The Morgan fingerprint density at radius 3 is 2.53 bits per heavy atom. The molecule has 0 unspecified atom stereocenters. The van der Waals surface area contributed by atoms with Crippen LogP contribution in [0.25, 0.3) is 16.3 Å². The molecule has 30 heavy (non-hydrogen) atoms. The fourth-order valence-corrected chi connectivity index (χ4v) is 3.75. The molecule has 0 saturated carbocycles. The van der Waals surface area contributed by atoms with Crippen molar-refractivity contribution >= 4 is 28.1 Å². The van der Waals surface area contributed by atoms with Gasteiger partial charge >= 0.3 is 11.8 Å². The molecule has 2 aromatic heterocycles. The van der Waals surface area contributed by atoms with Crippen molar-refractivity contribution in [2.45, 2.75) is 13.0 Å². The van der Waals surface area contributed by atoms with Crippen LogP contribution in [0.1, 0.15) is 11.3 Å². The summed E-state index contributed by atoms with van der Waals surface area (Å²) in [6, 6.07) is 15.7. The molecule has 2 amide bonds. The minimum Gasteiger partial charge on any atom is -0.347 e. The van der Waals surface area contributed by atoms with E-state index in [4.69, 9.17) is 0 Å². The molecule has 0 aliphatic carbocycles. The van der Waals surface area contributed by atoms with Crippen molar-refractivity contribution in [3.63, 3.8) is 0 Å². The predicted octanol–water partition coefficient (Wildman–Crippen LogP) is 2.57. The lowest BCUT2D eigenvalue weighted by Gasteiger charge is -2.06. The molecule has 0 atom stereocenters. The first-order valence-electron chi connectivity index (χ1n) is 9.30. The van der Waals surface area contributed by atoms with Crippen LogP contribution >= 0.6 is 11.3 Å². The van der Waals surface area contributed by atoms with Gasteiger partial charge in [0.05, 0.1) is 11.3 Å². The maximum atomic E-state index is 14.0. The van der Waals surface area contributed by atoms with Crippen molar-refractivity contribution in [3.05, 3.63) is 77.1 Å². The first kappa shape index (κ1) is 19.7. The second kappa shape index (κ2) is 8.83. The van der Waals surface area contributed by atoms with Crippen molar-refractivity contribution in [1.82, 2.24) is 25.2 Å². The Bertz CT molecular complexity index is 1190. The van der Waals surface area contributed by atoms with Crippen LogP contribution in [0.5, 0.6) is 0 Å². The van der Waals surface area contributed by atoms with Crippen LogP contribution in [-0.4, -0.2) is 33.0 Å². The molecule has 4 rings (SSSR count). The molecule has 9 heteroatoms. The lowest BCUT2D eigenvalue weighted by Crippen LogP contribution is -2.40. The van der Waals surface area contributed by atoms with Gasteiger partial charge in [-0.1, -0.05) is 42.5 Å². The van der Waals surface area contributed by atoms with Crippen LogP contribution in [0.3, 0.4) is 0 Å². The first-order chi connectivity index (χ1) is 14.6. The molecule has 7 nitrogen and oxygen atoms in total. The van der Waals surface area contributed by atoms with E-state index in [-0.39, 0.29) is 18.9 Å². The second-order valence-electron chi connectivity index (χ2n) is 6.51. The van der Waals surface area contributed by atoms with E-state index in [2.05, 4.69) is 20.7 Å². The third kappa shape index (κ3) is 4.36. The quantitative estimate of drug-likeness (QED) is 0.467. The summed E-state index contributed by atoms with van der Waals surface area (Å²) in [5, 5.41) is 11.4. The summed E-state index contributed by atoms with van der Waals surface area (Å²) in [7, 11) is 0. The number of aromatic nitrogens is 3. The molecular formula is C21H18FN5O2S. The number of carbonyl (C=O) groups is 2. The number of fused-ring (bicyclic) bond motifs is 1. The van der Waals surface area contributed by atoms with E-state index >= 15 is 0 Å². The zero-order valence-corrected chi connectivity index (χ0v) is 16.7. The topological polar surface area (TPSA) is 88.4 Å². The fourth-order valence-electron chi connectivity index (χ4n) is 2.90. The number of carbonyl (C=O) groups excluding carboxylic acids is 2. The maximum Gasteiger partial charge on any atom is 0.309 e. The van der Waals surface area contributed by atoms with Crippen LogP contribution in [0, 0.1) is 5.82 Å². The summed E-state index contributed by atoms with van der Waals surface area (Å²) in [6.45, 7) is 0.550. The number of halogens is 1. The van der Waals surface area contributed by atoms with Gasteiger partial charge in [-0.15, -0.1) is 16.4 Å². The third-order valence-electron chi connectivity index (χ3n) is 4.43. The zero-order valence-electron chi connectivity index (χ0n) is 15.8. The first-order valence-corrected chi connectivity index (χ1v) is 10.2. The van der Waals surface area contributed by atoms with Crippen LogP contribution in [-0.2, 0) is 22.6 Å². The van der Waals surface area contributed by atoms with Gasteiger partial charge in [-0.3, -0.25) is 9.59 Å². The van der Waals surface area contributed by atoms with Gasteiger partial charge in [-0.2, -0.15) is 4.98 Å². The van der Waals surface area contributed by atoms with Crippen LogP contribution in [0.15, 0.2) is 60.0 Å². The smallest absolute Gasteiger partial charge is 0.309 e. The standard InChI is InChI=1S/C21H18FN5O2S/c22-17-9-5-4-8-16(17)18-25-21-27(26-18)15(13-30-21)10-11-23-19(28)20(29)24-12-14-6-2-1-3-7-14/h1-9,13H,10-12H2,(H,23,28)(H,24,29). The Labute approximate surface area is 175 Å². The van der Waals surface area contributed by atoms with Gasteiger partial charge in [0.15, 0.2) is 5.82 Å². The second-order valence-corrected chi connectivity index (χ2v) is 7.35. The van der Waals surface area contributed by atoms with Crippen molar-refractivity contribution in [3.8, 4) is 11.4 Å². The van der Waals surface area contributed by atoms with Gasteiger partial charge in [-0.05, 0) is 17.7 Å². The number of nitrogens with zero attached hydrogens (tertiary/aromatic N) is 3. The molecule has 2 aromatic carbocycles. The molecule has 0 fully saturated rings. The van der Waals surface area contributed by atoms with Crippen molar-refractivity contribution in [1.29, 1.82) is 0 Å². The highest BCUT2D eigenvalue weighted by Gasteiger charge is 2.15. The van der Waals surface area contributed by atoms with Crippen molar-refractivity contribution in [2.24, 2.45) is 0 Å². The molecule has 0 saturated heterocycles. The molecule has 0 bridgehead atoms. The molecule has 0 aliphatic rings. The Morgan fingerprint density at radius 2 is 1.73 bits per heavy atom. The van der Waals surface area contributed by atoms with E-state index < -0.39 is 11.8 Å². The molecule has 2 heterocycles. The van der Waals surface area contributed by atoms with Crippen LogP contribution in [0.2, 0.25) is 0 Å². The summed E-state index contributed by atoms with van der Waals surface area (Å²) >= 11 is 1.38. The molecule has 0 aliphatic heterocycles. The van der Waals surface area contributed by atoms with Crippen LogP contribution in [0.4, 0.5) is 4.39 Å². The van der Waals surface area contributed by atoms with Gasteiger partial charge in [0.25, 0.3) is 0 Å². The average Bonchev–Trinajstić information content (AvgIpc) is 3.34. The number of amides is 2. The van der Waals surface area contributed by atoms with E-state index in [1.54, 1.807) is 22.7 Å². The predicted molar refractivity (Wildman–Crippen MR) is 111 cm³/mol. The molecular weight excluding hydrogens is 405 g/mol. The lowest BCUT2D eigenvalue weighted by atomic mass is 10.2. The number of thiazole rings is 1. The minimum absolute atomic E-state index is 0.262. The Morgan fingerprint density at radius 1 is 1.00 bits per heavy atom. The number of hydrogen-bond acceptors (Lipinski definition) is 5. The van der Waals surface area contributed by atoms with E-state index in [0.29, 0.717) is 22.8 Å². The summed E-state index contributed by atoms with van der Waals surface area (Å²) in [4.78, 5) is 28.9. The van der Waals surface area contributed by atoms with Gasteiger partial charge < -0.3 is 10.6 Å². The SMILES string of the molecule is O=C(NCCc1csc2nc(-c3ccccc3F)nn12)C(=O)NCc1ccccc1. The number of benzene rings is 2. The number of hydrogen-bond donors (Lipinski definition) is 2. The minimum atomic E-state index is -0.692. The van der Waals surface area contributed by atoms with E-state index in [1.807, 2.05) is 35.7 Å². The Hall–Kier alpha value is -3.59. The summed E-state index contributed by atoms with van der Waals surface area (Å²) < 4.78 is 15.6. The molecule has 152 valence electrons. The Kier molecular flexibility index (Phi) is 5.80. The van der Waals surface area contributed by atoms with E-state index in [9.17, 15) is 14.0 Å². The molecule has 0 radical (unpaired) electrons. The molecule has 2 N–H and O–H groups in total. The highest BCUT2D eigenvalue weighted by Crippen LogP contribution is 2.23. The highest BCUT2D eigenvalue weighted by molar-refractivity contribution is 7.15. The zero-order chi connectivity index (χ0) is 20.9. The van der Waals surface area contributed by atoms with Gasteiger partial charge in [0, 0.05) is 24.9 Å². The highest BCUT2D eigenvalue weighted by atomic mass is 32.1. The Balaban J connectivity index is 1.33. The summed E-state index contributed by atoms with van der Waals surface area (Å²) in [5.41, 5.74) is 2.06. The van der Waals surface area contributed by atoms with Crippen LogP contribution < -0.4 is 10.6 Å². The van der Waals surface area contributed by atoms with Gasteiger partial charge in [0.2, 0.25) is 4.96 Å². The maximum absolute atomic E-state index is 14.0. The van der Waals surface area contributed by atoms with Gasteiger partial charge in [-0.25, -0.2) is 8.91 Å². The van der Waals surface area contributed by atoms with Crippen molar-refractivity contribution < 1.29 is 14.0 Å². The van der Waals surface area contributed by atoms with Crippen molar-refractivity contribution in [2.75, 3.05) is 6.54 Å². The van der Waals surface area contributed by atoms with E-state index in [0.717, 1.165) is 11.3 Å². The third-order valence-corrected chi connectivity index (χ3v) is 5.30. The summed E-state index contributed by atoms with van der Waals surface area (Å²) in [5.74, 6) is -1.45. The average molecular weight is 423 g/mol. The number of rotatable bonds is 6. The normalized spacial score (nSPS) is 10.8. The van der Waals surface area contributed by atoms with E-state index in [1.165, 1.54) is 17.4 Å². The summed E-state index contributed by atoms with van der Waals surface area (Å²) in [6.07, 6.45) is 0.456. The fraction of sp³-hybridized carbons (Fsp3) is 0.143. The molecule has 4 aromatic rings. The monoisotopic (exact) mass is 423 g/mol. The number of nitrogens with one attached hydrogen (secondary N) is 2.